The lowest BCUT2D eigenvalue weighted by Gasteiger charge is -2.16. The molecule has 11 heteroatoms. The van der Waals surface area contributed by atoms with Crippen LogP contribution in [0.25, 0.3) is 22.5 Å². The fourth-order valence-electron chi connectivity index (χ4n) is 3.77. The van der Waals surface area contributed by atoms with Gasteiger partial charge in [0.15, 0.2) is 5.76 Å². The number of likely N-dealkylation sites (tertiary alicyclic amines) is 1. The van der Waals surface area contributed by atoms with E-state index in [1.54, 1.807) is 43.3 Å². The molecule has 5 rings (SSSR count). The van der Waals surface area contributed by atoms with Gasteiger partial charge in [0.1, 0.15) is 17.2 Å². The molecular weight excluding hydrogens is 424 g/mol. The van der Waals surface area contributed by atoms with Crippen LogP contribution in [-0.2, 0) is 17.4 Å². The average molecular weight is 446 g/mol. The summed E-state index contributed by atoms with van der Waals surface area (Å²) in [6.07, 6.45) is 3.51. The summed E-state index contributed by atoms with van der Waals surface area (Å²) in [7, 11) is 3.40. The number of aromatic nitrogens is 5. The minimum Gasteiger partial charge on any atom is -0.382 e. The van der Waals surface area contributed by atoms with Crippen molar-refractivity contribution in [1.29, 1.82) is 0 Å². The standard InChI is InChI=1S/C22H22N8O3/c1-29-9-7-22(32,20(29)31)18-11-16(28-33-18)14-5-3-4-13(10-14)15-6-8-24-21(26-15)27-17-12-25-30(2)19(17)23/h3-6,8,10-12,32H,7,9,23H2,1-2H3,(H,24,26,27). The van der Waals surface area contributed by atoms with Crippen LogP contribution in [0.5, 0.6) is 0 Å². The van der Waals surface area contributed by atoms with Gasteiger partial charge in [0.2, 0.25) is 11.5 Å². The Morgan fingerprint density at radius 2 is 1.97 bits per heavy atom. The molecule has 0 aliphatic carbocycles. The van der Waals surface area contributed by atoms with Crippen molar-refractivity contribution in [2.75, 3.05) is 24.6 Å². The van der Waals surface area contributed by atoms with E-state index in [0.29, 0.717) is 35.4 Å². The second kappa shape index (κ2) is 7.71. The monoisotopic (exact) mass is 446 g/mol. The van der Waals surface area contributed by atoms with Gasteiger partial charge in [-0.15, -0.1) is 0 Å². The number of anilines is 3. The van der Waals surface area contributed by atoms with Crippen molar-refractivity contribution in [3.05, 3.63) is 54.6 Å². The lowest BCUT2D eigenvalue weighted by Crippen LogP contribution is -2.35. The Balaban J connectivity index is 1.42. The zero-order valence-electron chi connectivity index (χ0n) is 18.1. The smallest absolute Gasteiger partial charge is 0.262 e. The van der Waals surface area contributed by atoms with Gasteiger partial charge in [-0.2, -0.15) is 5.10 Å². The molecule has 168 valence electrons. The lowest BCUT2D eigenvalue weighted by atomic mass is 9.98. The number of nitrogens with two attached hydrogens (primary N) is 1. The van der Waals surface area contributed by atoms with Crippen molar-refractivity contribution in [2.24, 2.45) is 7.05 Å². The van der Waals surface area contributed by atoms with Crippen molar-refractivity contribution in [3.63, 3.8) is 0 Å². The van der Waals surface area contributed by atoms with Crippen LogP contribution in [0.15, 0.2) is 53.3 Å². The minimum absolute atomic E-state index is 0.139. The van der Waals surface area contributed by atoms with E-state index in [4.69, 9.17) is 10.3 Å². The molecule has 3 aromatic heterocycles. The van der Waals surface area contributed by atoms with Gasteiger partial charge in [-0.05, 0) is 12.1 Å². The Bertz CT molecular complexity index is 1350. The van der Waals surface area contributed by atoms with E-state index in [1.807, 2.05) is 24.3 Å². The summed E-state index contributed by atoms with van der Waals surface area (Å²) in [5.41, 5.74) is 7.70. The van der Waals surface area contributed by atoms with Gasteiger partial charge in [0, 0.05) is 50.5 Å². The third-order valence-electron chi connectivity index (χ3n) is 5.77. The number of rotatable bonds is 5. The van der Waals surface area contributed by atoms with Crippen LogP contribution in [0.1, 0.15) is 12.2 Å². The Morgan fingerprint density at radius 3 is 2.67 bits per heavy atom. The van der Waals surface area contributed by atoms with Crippen molar-refractivity contribution < 1.29 is 14.4 Å². The second-order valence-corrected chi connectivity index (χ2v) is 7.95. The molecule has 1 saturated heterocycles. The first-order valence-electron chi connectivity index (χ1n) is 10.3. The number of nitrogens with zero attached hydrogens (tertiary/aromatic N) is 6. The number of benzene rings is 1. The zero-order chi connectivity index (χ0) is 23.2. The molecule has 1 aromatic carbocycles. The summed E-state index contributed by atoms with van der Waals surface area (Å²) < 4.78 is 6.92. The van der Waals surface area contributed by atoms with E-state index in [2.05, 4.69) is 25.5 Å². The summed E-state index contributed by atoms with van der Waals surface area (Å²) >= 11 is 0. The number of carbonyl (C=O) groups excluding carboxylic acids is 1. The van der Waals surface area contributed by atoms with Crippen LogP contribution < -0.4 is 11.1 Å². The maximum atomic E-state index is 12.4. The molecule has 1 amide bonds. The number of likely N-dealkylation sites (N-methyl/N-ethyl adjacent to an activating group) is 1. The molecule has 1 atom stereocenters. The Hall–Kier alpha value is -4.25. The molecular formula is C22H22N8O3. The van der Waals surface area contributed by atoms with Crippen molar-refractivity contribution in [2.45, 2.75) is 12.0 Å². The molecule has 0 bridgehead atoms. The Morgan fingerprint density at radius 1 is 1.18 bits per heavy atom. The van der Waals surface area contributed by atoms with E-state index >= 15 is 0 Å². The summed E-state index contributed by atoms with van der Waals surface area (Å²) in [6.45, 7) is 0.454. The van der Waals surface area contributed by atoms with Crippen LogP contribution in [0.2, 0.25) is 0 Å². The van der Waals surface area contributed by atoms with Crippen LogP contribution >= 0.6 is 0 Å². The number of nitrogen functional groups attached to an aromatic ring is 1. The third-order valence-corrected chi connectivity index (χ3v) is 5.77. The number of carbonyl (C=O) groups is 1. The first-order valence-corrected chi connectivity index (χ1v) is 10.3. The molecule has 1 aliphatic rings. The van der Waals surface area contributed by atoms with Gasteiger partial charge in [0.25, 0.3) is 5.91 Å². The van der Waals surface area contributed by atoms with E-state index < -0.39 is 11.5 Å². The fraction of sp³-hybridized carbons (Fsp3) is 0.227. The number of hydrogen-bond acceptors (Lipinski definition) is 9. The number of nitrogens with one attached hydrogen (secondary N) is 1. The molecule has 4 heterocycles. The van der Waals surface area contributed by atoms with Gasteiger partial charge in [-0.1, -0.05) is 23.4 Å². The summed E-state index contributed by atoms with van der Waals surface area (Å²) in [4.78, 5) is 22.7. The van der Waals surface area contributed by atoms with Gasteiger partial charge in [-0.25, -0.2) is 9.97 Å². The van der Waals surface area contributed by atoms with Crippen LogP contribution in [0.3, 0.4) is 0 Å². The van der Waals surface area contributed by atoms with Gasteiger partial charge < -0.3 is 25.6 Å². The highest BCUT2D eigenvalue weighted by molar-refractivity contribution is 5.87. The van der Waals surface area contributed by atoms with E-state index in [9.17, 15) is 9.90 Å². The Labute approximate surface area is 188 Å². The molecule has 1 unspecified atom stereocenters. The Kier molecular flexibility index (Phi) is 4.82. The van der Waals surface area contributed by atoms with E-state index in [-0.39, 0.29) is 12.2 Å². The average Bonchev–Trinajstić information content (AvgIpc) is 3.52. The highest BCUT2D eigenvalue weighted by Crippen LogP contribution is 2.35. The number of aryl methyl sites for hydroxylation is 1. The second-order valence-electron chi connectivity index (χ2n) is 7.95. The predicted octanol–water partition coefficient (Wildman–Crippen LogP) is 1.91. The first kappa shape index (κ1) is 20.6. The maximum absolute atomic E-state index is 12.4. The molecule has 33 heavy (non-hydrogen) atoms. The predicted molar refractivity (Wildman–Crippen MR) is 120 cm³/mol. The van der Waals surface area contributed by atoms with Crippen molar-refractivity contribution in [3.8, 4) is 22.5 Å². The maximum Gasteiger partial charge on any atom is 0.262 e. The van der Waals surface area contributed by atoms with Gasteiger partial charge >= 0.3 is 0 Å². The summed E-state index contributed by atoms with van der Waals surface area (Å²) in [6, 6.07) is 11.0. The van der Waals surface area contributed by atoms with Crippen LogP contribution in [0.4, 0.5) is 17.5 Å². The van der Waals surface area contributed by atoms with Crippen LogP contribution in [-0.4, -0.2) is 54.4 Å². The molecule has 4 N–H and O–H groups in total. The van der Waals surface area contributed by atoms with Gasteiger partial charge in [0.05, 0.1) is 11.9 Å². The normalized spacial score (nSPS) is 18.2. The molecule has 0 radical (unpaired) electrons. The number of hydrogen-bond donors (Lipinski definition) is 3. The molecule has 0 spiro atoms. The molecule has 1 fully saturated rings. The van der Waals surface area contributed by atoms with E-state index in [1.165, 1.54) is 4.90 Å². The topological polar surface area (TPSA) is 148 Å². The minimum atomic E-state index is -1.68. The van der Waals surface area contributed by atoms with Crippen molar-refractivity contribution >= 4 is 23.4 Å². The largest absolute Gasteiger partial charge is 0.382 e. The quantitative estimate of drug-likeness (QED) is 0.418. The van der Waals surface area contributed by atoms with Crippen molar-refractivity contribution in [1.82, 2.24) is 29.8 Å². The number of amides is 1. The molecule has 4 aromatic rings. The van der Waals surface area contributed by atoms with Gasteiger partial charge in [-0.3, -0.25) is 9.48 Å². The summed E-state index contributed by atoms with van der Waals surface area (Å²) in [5.74, 6) is 0.600. The number of aliphatic hydroxyl groups is 1. The third kappa shape index (κ3) is 3.57. The summed E-state index contributed by atoms with van der Waals surface area (Å²) in [5, 5.41) is 22.1. The highest BCUT2D eigenvalue weighted by atomic mass is 16.5. The highest BCUT2D eigenvalue weighted by Gasteiger charge is 2.48. The molecule has 11 nitrogen and oxygen atoms in total. The van der Waals surface area contributed by atoms with Crippen LogP contribution in [0, 0.1) is 0 Å². The molecule has 0 saturated carbocycles. The SMILES string of the molecule is CN1CCC(O)(c2cc(-c3cccc(-c4ccnc(Nc5cnn(C)c5N)n4)c3)no2)C1=O. The van der Waals surface area contributed by atoms with E-state index in [0.717, 1.165) is 11.1 Å². The first-order chi connectivity index (χ1) is 15.8. The lowest BCUT2D eigenvalue weighted by molar-refractivity contribution is -0.144. The molecule has 1 aliphatic heterocycles. The zero-order valence-corrected chi connectivity index (χ0v) is 18.1. The fourth-order valence-corrected chi connectivity index (χ4v) is 3.77.